The first kappa shape index (κ1) is 12.7. The molecule has 0 aliphatic carbocycles. The van der Waals surface area contributed by atoms with Crippen LogP contribution in [-0.4, -0.2) is 0 Å². The molecule has 0 amide bonds. The van der Waals surface area contributed by atoms with Crippen LogP contribution in [0.3, 0.4) is 0 Å². The Bertz CT molecular complexity index is 429. The molecule has 2 rings (SSSR count). The predicted molar refractivity (Wildman–Crippen MR) is 76.1 cm³/mol. The van der Waals surface area contributed by atoms with E-state index in [1.54, 1.807) is 0 Å². The van der Waals surface area contributed by atoms with Crippen molar-refractivity contribution in [2.24, 2.45) is 0 Å². The van der Waals surface area contributed by atoms with Gasteiger partial charge < -0.3 is 0 Å². The molecule has 0 atom stereocenters. The minimum Gasteiger partial charge on any atom is -0.114 e. The van der Waals surface area contributed by atoms with E-state index in [0.29, 0.717) is 0 Å². The summed E-state index contributed by atoms with van der Waals surface area (Å²) in [5.41, 5.74) is 3.86. The quantitative estimate of drug-likeness (QED) is 0.773. The Balaban J connectivity index is 0.00000128. The molecular weight excluding hydrogens is 260 g/mol. The van der Waals surface area contributed by atoms with Crippen LogP contribution in [0.4, 0.5) is 0 Å². The van der Waals surface area contributed by atoms with Crippen molar-refractivity contribution in [3.8, 4) is 0 Å². The number of rotatable bonds is 3. The smallest absolute Gasteiger partial charge is 0.00258 e. The van der Waals surface area contributed by atoms with E-state index in [1.165, 1.54) is 16.7 Å². The monoisotopic (exact) mass is 274 g/mol. The van der Waals surface area contributed by atoms with E-state index in [0.717, 1.165) is 6.42 Å². The van der Waals surface area contributed by atoms with Crippen molar-refractivity contribution in [1.29, 1.82) is 0 Å². The first-order valence-corrected chi connectivity index (χ1v) is 5.14. The van der Waals surface area contributed by atoms with E-state index in [2.05, 4.69) is 55.1 Å². The highest BCUT2D eigenvalue weighted by atomic mass is 79.9. The van der Waals surface area contributed by atoms with Gasteiger partial charge in [-0.25, -0.2) is 0 Å². The molecule has 82 valence electrons. The Morgan fingerprint density at radius 3 is 1.94 bits per heavy atom. The summed E-state index contributed by atoms with van der Waals surface area (Å²) < 4.78 is 0. The minimum atomic E-state index is 0. The van der Waals surface area contributed by atoms with Gasteiger partial charge >= 0.3 is 0 Å². The van der Waals surface area contributed by atoms with Gasteiger partial charge in [0.1, 0.15) is 0 Å². The van der Waals surface area contributed by atoms with E-state index in [1.807, 2.05) is 12.1 Å². The van der Waals surface area contributed by atoms with Crippen LogP contribution < -0.4 is 0 Å². The van der Waals surface area contributed by atoms with Crippen molar-refractivity contribution < 1.29 is 0 Å². The molecule has 0 heterocycles. The highest BCUT2D eigenvalue weighted by Crippen LogP contribution is 2.10. The van der Waals surface area contributed by atoms with Crippen LogP contribution in [-0.2, 0) is 6.42 Å². The highest BCUT2D eigenvalue weighted by molar-refractivity contribution is 8.93. The second kappa shape index (κ2) is 6.29. The third-order valence-electron chi connectivity index (χ3n) is 2.47. The van der Waals surface area contributed by atoms with Gasteiger partial charge in [-0.2, -0.15) is 0 Å². The van der Waals surface area contributed by atoms with Crippen molar-refractivity contribution in [1.82, 2.24) is 0 Å². The van der Waals surface area contributed by atoms with Gasteiger partial charge in [0.15, 0.2) is 0 Å². The van der Waals surface area contributed by atoms with Gasteiger partial charge in [-0.05, 0) is 23.1 Å². The summed E-state index contributed by atoms with van der Waals surface area (Å²) in [5.74, 6) is 0. The fourth-order valence-electron chi connectivity index (χ4n) is 1.60. The molecule has 2 aromatic carbocycles. The lowest BCUT2D eigenvalue weighted by atomic mass is 10.0. The molecule has 0 bridgehead atoms. The number of hydrogen-bond acceptors (Lipinski definition) is 0. The minimum absolute atomic E-state index is 0. The lowest BCUT2D eigenvalue weighted by molar-refractivity contribution is 1.19. The molecule has 0 radical (unpaired) electrons. The Morgan fingerprint density at radius 1 is 0.812 bits per heavy atom. The average molecular weight is 275 g/mol. The molecule has 0 saturated carbocycles. The zero-order valence-electron chi connectivity index (χ0n) is 9.10. The summed E-state index contributed by atoms with van der Waals surface area (Å²) in [6.07, 6.45) is 2.87. The Kier molecular flexibility index (Phi) is 5.00. The van der Waals surface area contributed by atoms with Crippen LogP contribution in [0.1, 0.15) is 16.7 Å². The van der Waals surface area contributed by atoms with Gasteiger partial charge in [-0.1, -0.05) is 67.3 Å². The molecule has 0 spiro atoms. The maximum absolute atomic E-state index is 3.74. The summed E-state index contributed by atoms with van der Waals surface area (Å²) in [6.45, 7) is 3.74. The van der Waals surface area contributed by atoms with Crippen molar-refractivity contribution in [2.75, 3.05) is 0 Å². The van der Waals surface area contributed by atoms with Crippen molar-refractivity contribution in [3.05, 3.63) is 77.9 Å². The van der Waals surface area contributed by atoms with Gasteiger partial charge in [0.05, 0.1) is 0 Å². The maximum atomic E-state index is 3.74. The highest BCUT2D eigenvalue weighted by Gasteiger charge is 1.94. The SMILES string of the molecule is Br.C=Cc1ccc(Cc2ccccc2)cc1. The van der Waals surface area contributed by atoms with E-state index in [-0.39, 0.29) is 17.0 Å². The van der Waals surface area contributed by atoms with E-state index in [4.69, 9.17) is 0 Å². The number of hydrogen-bond donors (Lipinski definition) is 0. The van der Waals surface area contributed by atoms with Crippen LogP contribution in [0.25, 0.3) is 6.08 Å². The van der Waals surface area contributed by atoms with Gasteiger partial charge in [0.25, 0.3) is 0 Å². The van der Waals surface area contributed by atoms with Crippen molar-refractivity contribution >= 4 is 23.1 Å². The number of benzene rings is 2. The van der Waals surface area contributed by atoms with Crippen LogP contribution >= 0.6 is 17.0 Å². The zero-order chi connectivity index (χ0) is 10.5. The molecule has 0 saturated heterocycles. The summed E-state index contributed by atoms with van der Waals surface area (Å²) in [4.78, 5) is 0. The number of halogens is 1. The van der Waals surface area contributed by atoms with Crippen LogP contribution in [0.15, 0.2) is 61.2 Å². The molecule has 0 nitrogen and oxygen atoms in total. The van der Waals surface area contributed by atoms with Crippen molar-refractivity contribution in [2.45, 2.75) is 6.42 Å². The molecule has 0 aliphatic heterocycles. The van der Waals surface area contributed by atoms with E-state index < -0.39 is 0 Å². The second-order valence-corrected chi connectivity index (χ2v) is 3.61. The van der Waals surface area contributed by atoms with Gasteiger partial charge in [-0.15, -0.1) is 17.0 Å². The van der Waals surface area contributed by atoms with Gasteiger partial charge in [0.2, 0.25) is 0 Å². The fraction of sp³-hybridized carbons (Fsp3) is 0.0667. The first-order chi connectivity index (χ1) is 7.38. The largest absolute Gasteiger partial charge is 0.114 e. The lowest BCUT2D eigenvalue weighted by Gasteiger charge is -2.02. The topological polar surface area (TPSA) is 0 Å². The molecule has 0 aromatic heterocycles. The molecule has 0 aliphatic rings. The Labute approximate surface area is 107 Å². The van der Waals surface area contributed by atoms with Crippen LogP contribution in [0, 0.1) is 0 Å². The predicted octanol–water partition coefficient (Wildman–Crippen LogP) is 4.50. The van der Waals surface area contributed by atoms with Crippen molar-refractivity contribution in [3.63, 3.8) is 0 Å². The lowest BCUT2D eigenvalue weighted by Crippen LogP contribution is -1.87. The molecule has 0 unspecified atom stereocenters. The van der Waals surface area contributed by atoms with Gasteiger partial charge in [-0.3, -0.25) is 0 Å². The Morgan fingerprint density at radius 2 is 1.38 bits per heavy atom. The van der Waals surface area contributed by atoms with E-state index in [9.17, 15) is 0 Å². The normalized spacial score (nSPS) is 9.25. The molecular formula is C15H15Br. The van der Waals surface area contributed by atoms with Gasteiger partial charge in [0, 0.05) is 0 Å². The standard InChI is InChI=1S/C15H14.BrH/c1-2-13-8-10-15(11-9-13)12-14-6-4-3-5-7-14;/h2-11H,1,12H2;1H. The second-order valence-electron chi connectivity index (χ2n) is 3.61. The third-order valence-corrected chi connectivity index (χ3v) is 2.47. The third kappa shape index (κ3) is 3.35. The maximum Gasteiger partial charge on any atom is -0.00258 e. The molecule has 2 aromatic rings. The van der Waals surface area contributed by atoms with Crippen LogP contribution in [0.2, 0.25) is 0 Å². The van der Waals surface area contributed by atoms with Crippen LogP contribution in [0.5, 0.6) is 0 Å². The summed E-state index contributed by atoms with van der Waals surface area (Å²) >= 11 is 0. The molecule has 0 fully saturated rings. The summed E-state index contributed by atoms with van der Waals surface area (Å²) in [5, 5.41) is 0. The van der Waals surface area contributed by atoms with E-state index >= 15 is 0 Å². The molecule has 1 heteroatoms. The first-order valence-electron chi connectivity index (χ1n) is 5.14. The zero-order valence-corrected chi connectivity index (χ0v) is 10.8. The summed E-state index contributed by atoms with van der Waals surface area (Å²) in [7, 11) is 0. The average Bonchev–Trinajstić information content (AvgIpc) is 2.31. The molecule has 0 N–H and O–H groups in total. The fourth-order valence-corrected chi connectivity index (χ4v) is 1.60. The molecule has 16 heavy (non-hydrogen) atoms. The summed E-state index contributed by atoms with van der Waals surface area (Å²) in [6, 6.07) is 19.0. The Hall–Kier alpha value is -1.34.